The van der Waals surface area contributed by atoms with E-state index in [-0.39, 0.29) is 11.5 Å². The SMILES string of the molecule is Cc1cc2nc3c(=O)[nH]c(=O)nc-3n(CCNCCc3nn[nH]n3)c2cc1C. The smallest absolute Gasteiger partial charge is 0.321 e. The molecule has 0 radical (unpaired) electrons. The van der Waals surface area contributed by atoms with Gasteiger partial charge in [0.2, 0.25) is 0 Å². The zero-order valence-electron chi connectivity index (χ0n) is 15.5. The number of aromatic nitrogens is 8. The second kappa shape index (κ2) is 7.27. The Labute approximate surface area is 158 Å². The predicted octanol–water partition coefficient (Wildman–Crippen LogP) is -0.453. The Bertz CT molecular complexity index is 1210. The van der Waals surface area contributed by atoms with Crippen LogP contribution < -0.4 is 16.6 Å². The summed E-state index contributed by atoms with van der Waals surface area (Å²) in [4.78, 5) is 34.7. The Balaban J connectivity index is 1.68. The largest absolute Gasteiger partial charge is 0.349 e. The molecule has 2 aromatic rings. The molecule has 0 fully saturated rings. The van der Waals surface area contributed by atoms with Crippen molar-refractivity contribution in [2.24, 2.45) is 0 Å². The summed E-state index contributed by atoms with van der Waals surface area (Å²) >= 11 is 0. The lowest BCUT2D eigenvalue weighted by molar-refractivity contribution is 0.597. The molecule has 0 unspecified atom stereocenters. The van der Waals surface area contributed by atoms with Crippen molar-refractivity contribution in [3.63, 3.8) is 0 Å². The lowest BCUT2D eigenvalue weighted by Crippen LogP contribution is -2.30. The molecular formula is C17H19N9O2. The van der Waals surface area contributed by atoms with Crippen LogP contribution in [0.4, 0.5) is 0 Å². The average molecular weight is 381 g/mol. The lowest BCUT2D eigenvalue weighted by atomic mass is 10.1. The molecule has 3 heterocycles. The van der Waals surface area contributed by atoms with E-state index in [1.165, 1.54) is 0 Å². The molecule has 144 valence electrons. The summed E-state index contributed by atoms with van der Waals surface area (Å²) in [6.45, 7) is 5.79. The molecule has 0 saturated carbocycles. The van der Waals surface area contributed by atoms with Gasteiger partial charge in [-0.3, -0.25) is 9.78 Å². The average Bonchev–Trinajstić information content (AvgIpc) is 3.16. The molecule has 2 aliphatic rings. The molecule has 11 nitrogen and oxygen atoms in total. The van der Waals surface area contributed by atoms with Crippen LogP contribution in [0, 0.1) is 13.8 Å². The van der Waals surface area contributed by atoms with Gasteiger partial charge in [-0.1, -0.05) is 5.21 Å². The molecule has 1 aromatic heterocycles. The molecule has 3 N–H and O–H groups in total. The van der Waals surface area contributed by atoms with Crippen molar-refractivity contribution < 1.29 is 0 Å². The number of H-pyrrole nitrogens is 2. The summed E-state index contributed by atoms with van der Waals surface area (Å²) in [5.41, 5.74) is 2.63. The standard InChI is InChI=1S/C17H19N9O2/c1-9-7-11-12(8-10(9)2)26(6-5-18-4-3-13-22-24-25-23-13)15-14(19-11)16(27)21-17(28)20-15/h7-8,18H,3-6H2,1-2H3,(H,21,27,28)(H,22,23,24,25). The minimum atomic E-state index is -0.679. The van der Waals surface area contributed by atoms with Gasteiger partial charge in [-0.15, -0.1) is 10.2 Å². The summed E-state index contributed by atoms with van der Waals surface area (Å²) in [5, 5.41) is 17.1. The predicted molar refractivity (Wildman–Crippen MR) is 101 cm³/mol. The van der Waals surface area contributed by atoms with Gasteiger partial charge in [0.05, 0.1) is 11.0 Å². The van der Waals surface area contributed by atoms with Crippen LogP contribution in [0.25, 0.3) is 22.6 Å². The number of hydrogen-bond donors (Lipinski definition) is 3. The maximum Gasteiger partial charge on any atom is 0.349 e. The van der Waals surface area contributed by atoms with E-state index in [4.69, 9.17) is 0 Å². The van der Waals surface area contributed by atoms with Crippen molar-refractivity contribution in [3.05, 3.63) is 49.9 Å². The summed E-state index contributed by atoms with van der Waals surface area (Å²) in [6.07, 6.45) is 0.639. The number of tetrazole rings is 1. The van der Waals surface area contributed by atoms with Crippen LogP contribution in [0.2, 0.25) is 0 Å². The van der Waals surface area contributed by atoms with Gasteiger partial charge in [-0.25, -0.2) is 9.78 Å². The molecule has 4 rings (SSSR count). The minimum absolute atomic E-state index is 0.155. The summed E-state index contributed by atoms with van der Waals surface area (Å²) in [6, 6.07) is 3.94. The van der Waals surface area contributed by atoms with Crippen molar-refractivity contribution in [2.75, 3.05) is 13.1 Å². The fourth-order valence-electron chi connectivity index (χ4n) is 3.08. The third kappa shape index (κ3) is 3.39. The molecule has 0 aliphatic carbocycles. The number of nitrogens with one attached hydrogen (secondary N) is 3. The van der Waals surface area contributed by atoms with Crippen molar-refractivity contribution in [3.8, 4) is 11.5 Å². The topological polar surface area (TPSA) is 147 Å². The van der Waals surface area contributed by atoms with Crippen LogP contribution in [0.5, 0.6) is 0 Å². The second-order valence-electron chi connectivity index (χ2n) is 6.56. The van der Waals surface area contributed by atoms with E-state index in [0.717, 1.165) is 16.6 Å². The number of fused-ring (bicyclic) bond motifs is 2. The van der Waals surface area contributed by atoms with E-state index in [0.29, 0.717) is 37.4 Å². The fourth-order valence-corrected chi connectivity index (χ4v) is 3.08. The summed E-state index contributed by atoms with van der Waals surface area (Å²) < 4.78 is 1.86. The van der Waals surface area contributed by atoms with E-state index in [1.54, 1.807) is 0 Å². The first-order chi connectivity index (χ1) is 13.5. The number of nitrogens with zero attached hydrogens (tertiary/aromatic N) is 6. The molecule has 0 spiro atoms. The highest BCUT2D eigenvalue weighted by atomic mass is 16.2. The van der Waals surface area contributed by atoms with Gasteiger partial charge >= 0.3 is 5.69 Å². The van der Waals surface area contributed by atoms with Crippen molar-refractivity contribution in [2.45, 2.75) is 26.8 Å². The number of benzene rings is 1. The van der Waals surface area contributed by atoms with Crippen molar-refractivity contribution >= 4 is 11.0 Å². The lowest BCUT2D eigenvalue weighted by Gasteiger charge is -2.18. The molecule has 0 bridgehead atoms. The van der Waals surface area contributed by atoms with Crippen LogP contribution in [0.3, 0.4) is 0 Å². The summed E-state index contributed by atoms with van der Waals surface area (Å²) in [5.74, 6) is 0.916. The molecular weight excluding hydrogens is 362 g/mol. The van der Waals surface area contributed by atoms with Crippen LogP contribution in [0.15, 0.2) is 21.7 Å². The van der Waals surface area contributed by atoms with Crippen LogP contribution in [-0.2, 0) is 13.0 Å². The fraction of sp³-hybridized carbons (Fsp3) is 0.353. The van der Waals surface area contributed by atoms with Crippen molar-refractivity contribution in [1.82, 2.24) is 45.5 Å². The maximum absolute atomic E-state index is 12.2. The van der Waals surface area contributed by atoms with E-state index in [9.17, 15) is 9.59 Å². The molecule has 2 aliphatic heterocycles. The van der Waals surface area contributed by atoms with Gasteiger partial charge in [-0.05, 0) is 37.1 Å². The third-order valence-corrected chi connectivity index (χ3v) is 4.65. The normalized spacial score (nSPS) is 11.5. The Morgan fingerprint density at radius 1 is 1.11 bits per heavy atom. The Hall–Kier alpha value is -3.47. The Morgan fingerprint density at radius 2 is 1.93 bits per heavy atom. The molecule has 28 heavy (non-hydrogen) atoms. The Kier molecular flexibility index (Phi) is 4.65. The Morgan fingerprint density at radius 3 is 2.71 bits per heavy atom. The maximum atomic E-state index is 12.2. The zero-order chi connectivity index (χ0) is 19.7. The number of aromatic amines is 2. The number of aryl methyl sites for hydroxylation is 2. The van der Waals surface area contributed by atoms with Gasteiger partial charge in [0.1, 0.15) is 0 Å². The molecule has 0 saturated heterocycles. The van der Waals surface area contributed by atoms with Gasteiger partial charge in [0.25, 0.3) is 5.56 Å². The highest BCUT2D eigenvalue weighted by molar-refractivity contribution is 5.81. The molecule has 0 atom stereocenters. The summed E-state index contributed by atoms with van der Waals surface area (Å²) in [7, 11) is 0. The van der Waals surface area contributed by atoms with Crippen LogP contribution in [-0.4, -0.2) is 53.2 Å². The minimum Gasteiger partial charge on any atom is -0.321 e. The van der Waals surface area contributed by atoms with Crippen LogP contribution in [0.1, 0.15) is 17.0 Å². The second-order valence-corrected chi connectivity index (χ2v) is 6.56. The van der Waals surface area contributed by atoms with Gasteiger partial charge < -0.3 is 9.88 Å². The van der Waals surface area contributed by atoms with E-state index < -0.39 is 11.2 Å². The number of hydrogen-bond acceptors (Lipinski definition) is 8. The van der Waals surface area contributed by atoms with Gasteiger partial charge in [0.15, 0.2) is 17.3 Å². The molecule has 0 amide bonds. The van der Waals surface area contributed by atoms with E-state index >= 15 is 0 Å². The third-order valence-electron chi connectivity index (χ3n) is 4.65. The van der Waals surface area contributed by atoms with Crippen LogP contribution >= 0.6 is 0 Å². The first kappa shape index (κ1) is 17.9. The monoisotopic (exact) mass is 381 g/mol. The zero-order valence-corrected chi connectivity index (χ0v) is 15.5. The van der Waals surface area contributed by atoms with Gasteiger partial charge in [0, 0.05) is 26.1 Å². The van der Waals surface area contributed by atoms with E-state index in [2.05, 4.69) is 40.9 Å². The highest BCUT2D eigenvalue weighted by Gasteiger charge is 2.18. The van der Waals surface area contributed by atoms with Crippen molar-refractivity contribution in [1.29, 1.82) is 0 Å². The van der Waals surface area contributed by atoms with Gasteiger partial charge in [-0.2, -0.15) is 10.2 Å². The molecule has 11 heteroatoms. The van der Waals surface area contributed by atoms with E-state index in [1.807, 2.05) is 30.5 Å². The molecule has 1 aromatic carbocycles. The quantitative estimate of drug-likeness (QED) is 0.300. The highest BCUT2D eigenvalue weighted by Crippen LogP contribution is 2.23. The first-order valence-corrected chi connectivity index (χ1v) is 8.88. The first-order valence-electron chi connectivity index (χ1n) is 8.88. The number of rotatable bonds is 6.